The summed E-state index contributed by atoms with van der Waals surface area (Å²) in [6.45, 7) is 11.0. The molecule has 1 fully saturated rings. The average molecular weight is 296 g/mol. The lowest BCUT2D eigenvalue weighted by atomic mass is 10.0. The van der Waals surface area contributed by atoms with Gasteiger partial charge in [-0.05, 0) is 41.4 Å². The second-order valence-corrected chi connectivity index (χ2v) is 8.62. The highest BCUT2D eigenvalue weighted by atomic mass is 32.2. The summed E-state index contributed by atoms with van der Waals surface area (Å²) in [5, 5.41) is 0. The summed E-state index contributed by atoms with van der Waals surface area (Å²) in [7, 11) is -3.54. The Kier molecular flexibility index (Phi) is 3.42. The summed E-state index contributed by atoms with van der Waals surface area (Å²) in [5.74, 6) is 0.344. The van der Waals surface area contributed by atoms with Crippen LogP contribution in [-0.4, -0.2) is 15.0 Å². The molecule has 0 bridgehead atoms. The number of hydrogen-bond donors (Lipinski definition) is 2. The van der Waals surface area contributed by atoms with Crippen molar-refractivity contribution in [2.75, 3.05) is 12.3 Å². The second-order valence-electron chi connectivity index (χ2n) is 6.89. The number of nitrogen functional groups attached to an aromatic ring is 1. The number of benzene rings is 1. The molecule has 0 amide bonds. The maximum Gasteiger partial charge on any atom is 0.242 e. The minimum absolute atomic E-state index is 0.161. The molecular weight excluding hydrogens is 272 g/mol. The van der Waals surface area contributed by atoms with Crippen molar-refractivity contribution in [1.82, 2.24) is 4.72 Å². The molecular formula is C15H24N2O2S. The summed E-state index contributed by atoms with van der Waals surface area (Å²) < 4.78 is 27.4. The molecule has 20 heavy (non-hydrogen) atoms. The van der Waals surface area contributed by atoms with Gasteiger partial charge in [0.1, 0.15) is 4.90 Å². The first-order valence-electron chi connectivity index (χ1n) is 6.86. The molecule has 1 aliphatic rings. The molecule has 1 aromatic rings. The molecule has 112 valence electrons. The Balaban J connectivity index is 2.14. The number of sulfonamides is 1. The molecule has 0 aromatic heterocycles. The van der Waals surface area contributed by atoms with Crippen LogP contribution in [0.25, 0.3) is 0 Å². The predicted octanol–water partition coefficient (Wildman–Crippen LogP) is 2.54. The fourth-order valence-electron chi connectivity index (χ4n) is 3.03. The van der Waals surface area contributed by atoms with Gasteiger partial charge in [-0.15, -0.1) is 0 Å². The summed E-state index contributed by atoms with van der Waals surface area (Å²) in [6.07, 6.45) is 0. The first-order chi connectivity index (χ1) is 9.00. The van der Waals surface area contributed by atoms with E-state index >= 15 is 0 Å². The molecule has 1 saturated carbocycles. The zero-order valence-corrected chi connectivity index (χ0v) is 13.6. The van der Waals surface area contributed by atoms with Crippen LogP contribution in [0.15, 0.2) is 23.1 Å². The van der Waals surface area contributed by atoms with E-state index in [1.54, 1.807) is 18.2 Å². The van der Waals surface area contributed by atoms with Crippen LogP contribution in [0.4, 0.5) is 5.69 Å². The minimum Gasteiger partial charge on any atom is -0.398 e. The summed E-state index contributed by atoms with van der Waals surface area (Å²) >= 11 is 0. The minimum atomic E-state index is -3.54. The van der Waals surface area contributed by atoms with Gasteiger partial charge in [0.05, 0.1) is 5.69 Å². The molecule has 0 heterocycles. The van der Waals surface area contributed by atoms with Gasteiger partial charge in [-0.2, -0.15) is 0 Å². The molecule has 2 rings (SSSR count). The van der Waals surface area contributed by atoms with Gasteiger partial charge in [-0.25, -0.2) is 13.1 Å². The lowest BCUT2D eigenvalue weighted by molar-refractivity contribution is 0.457. The average Bonchev–Trinajstić information content (AvgIpc) is 2.66. The van der Waals surface area contributed by atoms with Crippen LogP contribution in [0.3, 0.4) is 0 Å². The van der Waals surface area contributed by atoms with Crippen LogP contribution >= 0.6 is 0 Å². The fourth-order valence-corrected chi connectivity index (χ4v) is 4.18. The van der Waals surface area contributed by atoms with Gasteiger partial charge in [0.25, 0.3) is 0 Å². The number of aryl methyl sites for hydroxylation is 1. The van der Waals surface area contributed by atoms with E-state index in [0.717, 1.165) is 5.56 Å². The number of rotatable bonds is 4. The molecule has 0 radical (unpaired) electrons. The van der Waals surface area contributed by atoms with Crippen molar-refractivity contribution in [3.8, 4) is 0 Å². The molecule has 3 N–H and O–H groups in total. The SMILES string of the molecule is Cc1ccc(S(=O)(=O)NCC2C(C)(C)C2(C)C)c(N)c1. The third kappa shape index (κ3) is 2.33. The van der Waals surface area contributed by atoms with E-state index in [0.29, 0.717) is 18.2 Å². The van der Waals surface area contributed by atoms with E-state index in [2.05, 4.69) is 32.4 Å². The van der Waals surface area contributed by atoms with Crippen molar-refractivity contribution < 1.29 is 8.42 Å². The summed E-state index contributed by atoms with van der Waals surface area (Å²) in [4.78, 5) is 0.166. The van der Waals surface area contributed by atoms with Crippen LogP contribution in [0.5, 0.6) is 0 Å². The summed E-state index contributed by atoms with van der Waals surface area (Å²) in [5.41, 5.74) is 7.39. The Labute approximate surface area is 121 Å². The van der Waals surface area contributed by atoms with Gasteiger partial charge in [0.15, 0.2) is 0 Å². The predicted molar refractivity (Wildman–Crippen MR) is 81.8 cm³/mol. The highest BCUT2D eigenvalue weighted by Crippen LogP contribution is 2.67. The quantitative estimate of drug-likeness (QED) is 0.839. The van der Waals surface area contributed by atoms with Gasteiger partial charge in [0.2, 0.25) is 10.0 Å². The molecule has 5 heteroatoms. The van der Waals surface area contributed by atoms with E-state index < -0.39 is 10.0 Å². The monoisotopic (exact) mass is 296 g/mol. The molecule has 0 aliphatic heterocycles. The van der Waals surface area contributed by atoms with Crippen LogP contribution in [0.1, 0.15) is 33.3 Å². The Bertz CT molecular complexity index is 619. The fraction of sp³-hybridized carbons (Fsp3) is 0.600. The van der Waals surface area contributed by atoms with E-state index in [4.69, 9.17) is 5.73 Å². The molecule has 0 saturated heterocycles. The standard InChI is InChI=1S/C15H24N2O2S/c1-10-6-7-12(11(16)8-10)20(18,19)17-9-13-14(2,3)15(13,4)5/h6-8,13,17H,9,16H2,1-5H3. The van der Waals surface area contributed by atoms with Crippen molar-refractivity contribution in [3.63, 3.8) is 0 Å². The smallest absolute Gasteiger partial charge is 0.242 e. The van der Waals surface area contributed by atoms with E-state index in [1.807, 2.05) is 6.92 Å². The van der Waals surface area contributed by atoms with Gasteiger partial charge in [-0.3, -0.25) is 0 Å². The Morgan fingerprint density at radius 3 is 2.20 bits per heavy atom. The van der Waals surface area contributed by atoms with Gasteiger partial charge >= 0.3 is 0 Å². The Hall–Kier alpha value is -1.07. The van der Waals surface area contributed by atoms with E-state index in [1.165, 1.54) is 0 Å². The number of nitrogens with two attached hydrogens (primary N) is 1. The molecule has 0 atom stereocenters. The molecule has 1 aliphatic carbocycles. The van der Waals surface area contributed by atoms with Crippen LogP contribution in [0, 0.1) is 23.7 Å². The second kappa shape index (κ2) is 4.46. The normalized spacial score (nSPS) is 20.9. The summed E-state index contributed by atoms with van der Waals surface area (Å²) in [6, 6.07) is 5.01. The lowest BCUT2D eigenvalue weighted by Gasteiger charge is -2.10. The van der Waals surface area contributed by atoms with Crippen molar-refractivity contribution in [3.05, 3.63) is 23.8 Å². The maximum atomic E-state index is 12.3. The van der Waals surface area contributed by atoms with Gasteiger partial charge < -0.3 is 5.73 Å². The Morgan fingerprint density at radius 1 is 1.20 bits per heavy atom. The number of nitrogens with one attached hydrogen (secondary N) is 1. The van der Waals surface area contributed by atoms with E-state index in [9.17, 15) is 8.42 Å². The third-order valence-electron chi connectivity index (χ3n) is 5.25. The molecule has 0 unspecified atom stereocenters. The third-order valence-corrected chi connectivity index (χ3v) is 6.75. The van der Waals surface area contributed by atoms with Crippen molar-refractivity contribution in [2.45, 2.75) is 39.5 Å². The highest BCUT2D eigenvalue weighted by Gasteiger charge is 2.64. The molecule has 4 nitrogen and oxygen atoms in total. The molecule has 1 aromatic carbocycles. The Morgan fingerprint density at radius 2 is 1.75 bits per heavy atom. The topological polar surface area (TPSA) is 72.2 Å². The van der Waals surface area contributed by atoms with Crippen LogP contribution in [-0.2, 0) is 10.0 Å². The first-order valence-corrected chi connectivity index (χ1v) is 8.34. The van der Waals surface area contributed by atoms with Gasteiger partial charge in [-0.1, -0.05) is 33.8 Å². The van der Waals surface area contributed by atoms with Crippen LogP contribution < -0.4 is 10.5 Å². The van der Waals surface area contributed by atoms with E-state index in [-0.39, 0.29) is 15.7 Å². The lowest BCUT2D eigenvalue weighted by Crippen LogP contribution is -2.28. The zero-order valence-electron chi connectivity index (χ0n) is 12.8. The molecule has 0 spiro atoms. The first kappa shape index (κ1) is 15.3. The number of hydrogen-bond acceptors (Lipinski definition) is 3. The van der Waals surface area contributed by atoms with Crippen molar-refractivity contribution >= 4 is 15.7 Å². The van der Waals surface area contributed by atoms with Crippen molar-refractivity contribution in [2.24, 2.45) is 16.7 Å². The zero-order chi connectivity index (χ0) is 15.3. The largest absolute Gasteiger partial charge is 0.398 e. The van der Waals surface area contributed by atoms with Crippen LogP contribution in [0.2, 0.25) is 0 Å². The van der Waals surface area contributed by atoms with Gasteiger partial charge in [0, 0.05) is 6.54 Å². The maximum absolute atomic E-state index is 12.3. The number of anilines is 1. The van der Waals surface area contributed by atoms with Crippen molar-refractivity contribution in [1.29, 1.82) is 0 Å². The highest BCUT2D eigenvalue weighted by molar-refractivity contribution is 7.89.